The van der Waals surface area contributed by atoms with Crippen LogP contribution >= 0.6 is 0 Å². The molecule has 0 aliphatic carbocycles. The largest absolute Gasteiger partial charge is 0.481 e. The van der Waals surface area contributed by atoms with Gasteiger partial charge in [0.15, 0.2) is 0 Å². The fourth-order valence-corrected chi connectivity index (χ4v) is 4.13. The lowest BCUT2D eigenvalue weighted by Crippen LogP contribution is -2.54. The summed E-state index contributed by atoms with van der Waals surface area (Å²) in [6.45, 7) is 9.15. The Bertz CT molecular complexity index is 745. The van der Waals surface area contributed by atoms with Crippen molar-refractivity contribution in [3.05, 3.63) is 0 Å². The van der Waals surface area contributed by atoms with Gasteiger partial charge in [0, 0.05) is 13.0 Å². The Morgan fingerprint density at radius 1 is 1.03 bits per heavy atom. The van der Waals surface area contributed by atoms with E-state index >= 15 is 0 Å². The minimum Gasteiger partial charge on any atom is -0.481 e. The second kappa shape index (κ2) is 14.7. The number of likely N-dealkylation sites (N-methyl/N-ethyl adjacent to an activating group) is 1. The quantitative estimate of drug-likeness (QED) is 0.236. The monoisotopic (exact) mass is 498 g/mol. The fraction of sp³-hybridized carbons (Fsp3) is 0.792. The summed E-state index contributed by atoms with van der Waals surface area (Å²) in [4.78, 5) is 62.0. The van der Waals surface area contributed by atoms with Gasteiger partial charge in [-0.2, -0.15) is 0 Å². The maximum Gasteiger partial charge on any atom is 0.326 e. The average Bonchev–Trinajstić information content (AvgIpc) is 2.75. The first kappa shape index (κ1) is 30.3. The van der Waals surface area contributed by atoms with Gasteiger partial charge < -0.3 is 31.1 Å². The fourth-order valence-electron chi connectivity index (χ4n) is 4.13. The van der Waals surface area contributed by atoms with Crippen LogP contribution < -0.4 is 16.0 Å². The summed E-state index contributed by atoms with van der Waals surface area (Å²) in [6, 6.07) is -2.69. The Morgan fingerprint density at radius 3 is 2.17 bits per heavy atom. The van der Waals surface area contributed by atoms with E-state index in [4.69, 9.17) is 0 Å². The van der Waals surface area contributed by atoms with Crippen LogP contribution in [0.5, 0.6) is 0 Å². The molecular formula is C24H42N4O7. The molecule has 0 unspecified atom stereocenters. The SMILES string of the molecule is CCN(CC(=O)N[C@@H](CC(=O)O)C(=O)N[C@@H](CC(C)(C)C)C(=O)O)C(=O)CCCC1CCNCC1. The molecule has 0 aromatic rings. The van der Waals surface area contributed by atoms with Crippen molar-refractivity contribution in [3.8, 4) is 0 Å². The molecule has 1 saturated heterocycles. The van der Waals surface area contributed by atoms with E-state index in [-0.39, 0.29) is 18.9 Å². The van der Waals surface area contributed by atoms with Crippen LogP contribution in [-0.4, -0.2) is 83.0 Å². The molecule has 0 saturated carbocycles. The number of nitrogens with one attached hydrogen (secondary N) is 3. The number of carbonyl (C=O) groups excluding carboxylic acids is 3. The number of nitrogens with zero attached hydrogens (tertiary/aromatic N) is 1. The summed E-state index contributed by atoms with van der Waals surface area (Å²) in [5.41, 5.74) is -0.405. The van der Waals surface area contributed by atoms with Crippen LogP contribution in [0.4, 0.5) is 0 Å². The van der Waals surface area contributed by atoms with Gasteiger partial charge in [-0.05, 0) is 63.5 Å². The van der Waals surface area contributed by atoms with Crippen LogP contribution in [0.2, 0.25) is 0 Å². The lowest BCUT2D eigenvalue weighted by molar-refractivity contribution is -0.144. The van der Waals surface area contributed by atoms with E-state index in [1.54, 1.807) is 6.92 Å². The van der Waals surface area contributed by atoms with Crippen molar-refractivity contribution in [2.45, 2.75) is 84.7 Å². The highest BCUT2D eigenvalue weighted by atomic mass is 16.4. The molecule has 1 rings (SSSR count). The molecule has 200 valence electrons. The predicted octanol–water partition coefficient (Wildman–Crippen LogP) is 0.970. The standard InChI is InChI=1S/C24H42N4O7/c1-5-28(20(30)8-6-7-16-9-11-25-12-10-16)15-19(29)26-17(13-21(31)32)22(33)27-18(23(34)35)14-24(2,3)4/h16-18,25H,5-15H2,1-4H3,(H,26,29)(H,27,33)(H,31,32)(H,34,35)/t17-,18-/m0/s1. The maximum absolute atomic E-state index is 12.7. The molecule has 0 aromatic heterocycles. The van der Waals surface area contributed by atoms with Crippen LogP contribution in [0.15, 0.2) is 0 Å². The number of piperidine rings is 1. The van der Waals surface area contributed by atoms with Gasteiger partial charge in [0.1, 0.15) is 12.1 Å². The summed E-state index contributed by atoms with van der Waals surface area (Å²) >= 11 is 0. The molecule has 1 aliphatic heterocycles. The topological polar surface area (TPSA) is 165 Å². The number of amides is 3. The molecule has 0 aromatic carbocycles. The van der Waals surface area contributed by atoms with Crippen LogP contribution in [0.25, 0.3) is 0 Å². The van der Waals surface area contributed by atoms with E-state index in [0.717, 1.165) is 38.8 Å². The number of aliphatic carboxylic acids is 2. The Morgan fingerprint density at radius 2 is 1.66 bits per heavy atom. The summed E-state index contributed by atoms with van der Waals surface area (Å²) in [5, 5.41) is 26.6. The second-order valence-corrected chi connectivity index (χ2v) is 10.4. The first-order valence-corrected chi connectivity index (χ1v) is 12.3. The molecule has 1 fully saturated rings. The zero-order valence-corrected chi connectivity index (χ0v) is 21.4. The van der Waals surface area contributed by atoms with Gasteiger partial charge in [-0.1, -0.05) is 20.8 Å². The average molecular weight is 499 g/mol. The first-order valence-electron chi connectivity index (χ1n) is 12.3. The lowest BCUT2D eigenvalue weighted by atomic mass is 9.88. The van der Waals surface area contributed by atoms with E-state index in [0.29, 0.717) is 18.9 Å². The molecule has 35 heavy (non-hydrogen) atoms. The van der Waals surface area contributed by atoms with Crippen molar-refractivity contribution in [1.29, 1.82) is 0 Å². The van der Waals surface area contributed by atoms with Crippen LogP contribution in [0.1, 0.15) is 72.6 Å². The molecule has 0 bridgehead atoms. The smallest absolute Gasteiger partial charge is 0.326 e. The van der Waals surface area contributed by atoms with Gasteiger partial charge in [-0.15, -0.1) is 0 Å². The summed E-state index contributed by atoms with van der Waals surface area (Å²) in [6.07, 6.45) is 3.61. The predicted molar refractivity (Wildman–Crippen MR) is 130 cm³/mol. The summed E-state index contributed by atoms with van der Waals surface area (Å²) < 4.78 is 0. The third-order valence-corrected chi connectivity index (χ3v) is 5.99. The van der Waals surface area contributed by atoms with Crippen molar-refractivity contribution >= 4 is 29.7 Å². The van der Waals surface area contributed by atoms with Crippen molar-refractivity contribution in [2.75, 3.05) is 26.2 Å². The highest BCUT2D eigenvalue weighted by Crippen LogP contribution is 2.21. The summed E-state index contributed by atoms with van der Waals surface area (Å²) in [7, 11) is 0. The Hall–Kier alpha value is -2.69. The van der Waals surface area contributed by atoms with E-state index in [2.05, 4.69) is 16.0 Å². The van der Waals surface area contributed by atoms with Crippen LogP contribution in [-0.2, 0) is 24.0 Å². The van der Waals surface area contributed by atoms with E-state index in [1.165, 1.54) is 4.90 Å². The van der Waals surface area contributed by atoms with Gasteiger partial charge in [-0.3, -0.25) is 19.2 Å². The minimum absolute atomic E-state index is 0.122. The second-order valence-electron chi connectivity index (χ2n) is 10.4. The Kier molecular flexibility index (Phi) is 12.7. The Balaban J connectivity index is 2.67. The number of rotatable bonds is 14. The molecule has 0 spiro atoms. The molecule has 1 heterocycles. The molecule has 0 radical (unpaired) electrons. The zero-order chi connectivity index (χ0) is 26.6. The molecule has 11 nitrogen and oxygen atoms in total. The summed E-state index contributed by atoms with van der Waals surface area (Å²) in [5.74, 6) is -3.72. The lowest BCUT2D eigenvalue weighted by Gasteiger charge is -2.26. The first-order chi connectivity index (χ1) is 16.3. The Labute approximate surface area is 207 Å². The van der Waals surface area contributed by atoms with Crippen LogP contribution in [0, 0.1) is 11.3 Å². The van der Waals surface area contributed by atoms with E-state index < -0.39 is 47.7 Å². The molecule has 2 atom stereocenters. The molecular weight excluding hydrogens is 456 g/mol. The number of carboxylic acids is 2. The normalized spacial score (nSPS) is 16.1. The van der Waals surface area contributed by atoms with E-state index in [9.17, 15) is 34.2 Å². The van der Waals surface area contributed by atoms with Gasteiger partial charge >= 0.3 is 11.9 Å². The molecule has 3 amide bonds. The van der Waals surface area contributed by atoms with Gasteiger partial charge in [0.2, 0.25) is 17.7 Å². The van der Waals surface area contributed by atoms with Gasteiger partial charge in [0.25, 0.3) is 0 Å². The number of hydrogen-bond acceptors (Lipinski definition) is 6. The minimum atomic E-state index is -1.46. The van der Waals surface area contributed by atoms with Gasteiger partial charge in [-0.25, -0.2) is 4.79 Å². The molecule has 11 heteroatoms. The van der Waals surface area contributed by atoms with Crippen molar-refractivity contribution in [3.63, 3.8) is 0 Å². The van der Waals surface area contributed by atoms with Crippen molar-refractivity contribution in [2.24, 2.45) is 11.3 Å². The number of hydrogen-bond donors (Lipinski definition) is 5. The maximum atomic E-state index is 12.7. The third kappa shape index (κ3) is 12.5. The number of carbonyl (C=O) groups is 5. The van der Waals surface area contributed by atoms with Crippen molar-refractivity contribution < 1.29 is 34.2 Å². The van der Waals surface area contributed by atoms with Gasteiger partial charge in [0.05, 0.1) is 13.0 Å². The highest BCUT2D eigenvalue weighted by molar-refractivity contribution is 5.94. The molecule has 5 N–H and O–H groups in total. The van der Waals surface area contributed by atoms with Crippen molar-refractivity contribution in [1.82, 2.24) is 20.9 Å². The third-order valence-electron chi connectivity index (χ3n) is 5.99. The zero-order valence-electron chi connectivity index (χ0n) is 21.4. The molecule has 1 aliphatic rings. The highest BCUT2D eigenvalue weighted by Gasteiger charge is 2.31. The number of carboxylic acid groups (broad SMARTS) is 2. The van der Waals surface area contributed by atoms with Crippen LogP contribution in [0.3, 0.4) is 0 Å². The van der Waals surface area contributed by atoms with E-state index in [1.807, 2.05) is 20.8 Å².